The third-order valence-electron chi connectivity index (χ3n) is 10.6. The maximum atomic E-state index is 13.2. The summed E-state index contributed by atoms with van der Waals surface area (Å²) in [6, 6.07) is 12.2. The molecule has 17 heteroatoms. The first kappa shape index (κ1) is 42.1. The highest BCUT2D eigenvalue weighted by Crippen LogP contribution is 2.39. The second-order valence-electron chi connectivity index (χ2n) is 14.8. The van der Waals surface area contributed by atoms with Crippen molar-refractivity contribution in [1.29, 1.82) is 0 Å². The van der Waals surface area contributed by atoms with Crippen LogP contribution in [-0.4, -0.2) is 114 Å². The summed E-state index contributed by atoms with van der Waals surface area (Å²) in [6.45, 7) is 9.42. The van der Waals surface area contributed by atoms with E-state index < -0.39 is 6.04 Å². The van der Waals surface area contributed by atoms with Gasteiger partial charge in [-0.1, -0.05) is 29.8 Å². The zero-order valence-electron chi connectivity index (χ0n) is 33.5. The molecule has 59 heavy (non-hydrogen) atoms. The van der Waals surface area contributed by atoms with Crippen LogP contribution in [0, 0.1) is 20.8 Å². The van der Waals surface area contributed by atoms with Gasteiger partial charge >= 0.3 is 0 Å². The van der Waals surface area contributed by atoms with Gasteiger partial charge in [0, 0.05) is 64.4 Å². The topological polar surface area (TPSA) is 178 Å². The molecule has 2 atom stereocenters. The largest absolute Gasteiger partial charge is 0.379 e. The van der Waals surface area contributed by atoms with Gasteiger partial charge in [-0.05, 0) is 69.0 Å². The minimum absolute atomic E-state index is 0.0711. The maximum Gasteiger partial charge on any atom is 0.253 e. The Balaban J connectivity index is 0.760. The van der Waals surface area contributed by atoms with Crippen molar-refractivity contribution < 1.29 is 33.4 Å². The standard InChI is InChI=1S/C42H49ClN8O7S/c1-25-26(2)59-42-38(25)39(28-8-10-31(43)11-9-28)47-34(40-49-48-27(3)51(40)42)23-36(53)44-13-16-57-18-20-58-19-17-56-15-12-35(52)45-32-5-4-14-50(24-32)41(55)30-7-6-29-22-37(54)46-33(29)21-30/h6-11,21,32,34H,4-5,12-20,22-24H2,1-3H3,(H,44,53)(H,45,52)(H,46,54). The number of nitrogens with one attached hydrogen (secondary N) is 3. The van der Waals surface area contributed by atoms with Gasteiger partial charge in [-0.3, -0.25) is 28.7 Å². The van der Waals surface area contributed by atoms with Gasteiger partial charge in [0.1, 0.15) is 16.9 Å². The summed E-state index contributed by atoms with van der Waals surface area (Å²) < 4.78 is 18.9. The van der Waals surface area contributed by atoms with E-state index in [-0.39, 0.29) is 49.1 Å². The minimum atomic E-state index is -0.554. The zero-order valence-corrected chi connectivity index (χ0v) is 35.0. The van der Waals surface area contributed by atoms with Crippen LogP contribution in [0.5, 0.6) is 0 Å². The lowest BCUT2D eigenvalue weighted by Crippen LogP contribution is -2.49. The number of halogens is 1. The maximum absolute atomic E-state index is 13.2. The molecule has 2 aromatic heterocycles. The fourth-order valence-electron chi connectivity index (χ4n) is 7.46. The predicted octanol–water partition coefficient (Wildman–Crippen LogP) is 4.66. The molecule has 0 aliphatic carbocycles. The highest BCUT2D eigenvalue weighted by atomic mass is 35.5. The summed E-state index contributed by atoms with van der Waals surface area (Å²) >= 11 is 7.88. The van der Waals surface area contributed by atoms with Gasteiger partial charge in [0.05, 0.1) is 58.2 Å². The number of amides is 4. The highest BCUT2D eigenvalue weighted by Gasteiger charge is 2.33. The van der Waals surface area contributed by atoms with E-state index >= 15 is 0 Å². The number of thiophene rings is 1. The summed E-state index contributed by atoms with van der Waals surface area (Å²) in [5.41, 5.74) is 5.95. The van der Waals surface area contributed by atoms with Crippen LogP contribution in [0.15, 0.2) is 47.5 Å². The lowest BCUT2D eigenvalue weighted by Gasteiger charge is -2.33. The molecule has 3 aliphatic heterocycles. The van der Waals surface area contributed by atoms with Crippen LogP contribution in [0.4, 0.5) is 5.69 Å². The first-order chi connectivity index (χ1) is 28.5. The highest BCUT2D eigenvalue weighted by molar-refractivity contribution is 7.15. The van der Waals surface area contributed by atoms with Gasteiger partial charge in [0.2, 0.25) is 17.7 Å². The van der Waals surface area contributed by atoms with Crippen LogP contribution in [0.2, 0.25) is 5.02 Å². The molecule has 1 fully saturated rings. The summed E-state index contributed by atoms with van der Waals surface area (Å²) in [7, 11) is 0. The number of hydrogen-bond donors (Lipinski definition) is 3. The summed E-state index contributed by atoms with van der Waals surface area (Å²) in [5.74, 6) is 0.867. The van der Waals surface area contributed by atoms with Crippen LogP contribution in [0.1, 0.15) is 80.9 Å². The number of rotatable bonds is 17. The Morgan fingerprint density at radius 3 is 2.47 bits per heavy atom. The first-order valence-electron chi connectivity index (χ1n) is 19.9. The molecule has 2 aromatic carbocycles. The Kier molecular flexibility index (Phi) is 13.8. The molecule has 0 spiro atoms. The molecular weight excluding hydrogens is 796 g/mol. The predicted molar refractivity (Wildman–Crippen MR) is 224 cm³/mol. The third-order valence-corrected chi connectivity index (χ3v) is 12.0. The molecule has 3 aliphatic rings. The number of aliphatic imine (C=N–C) groups is 1. The molecule has 1 saturated heterocycles. The summed E-state index contributed by atoms with van der Waals surface area (Å²) in [6.07, 6.45) is 2.20. The van der Waals surface area contributed by atoms with Gasteiger partial charge in [-0.25, -0.2) is 0 Å². The Morgan fingerprint density at radius 2 is 1.69 bits per heavy atom. The van der Waals surface area contributed by atoms with E-state index in [1.165, 1.54) is 4.88 Å². The molecule has 15 nitrogen and oxygen atoms in total. The second-order valence-corrected chi connectivity index (χ2v) is 16.4. The first-order valence-corrected chi connectivity index (χ1v) is 21.1. The number of aryl methyl sites for hydroxylation is 2. The van der Waals surface area contributed by atoms with E-state index in [2.05, 4.69) is 40.0 Å². The Morgan fingerprint density at radius 1 is 0.949 bits per heavy atom. The number of hydrogen-bond acceptors (Lipinski definition) is 11. The lowest BCUT2D eigenvalue weighted by molar-refractivity contribution is -0.123. The molecule has 7 rings (SSSR count). The molecule has 4 aromatic rings. The van der Waals surface area contributed by atoms with E-state index in [1.807, 2.05) is 41.8 Å². The second kappa shape index (κ2) is 19.4. The van der Waals surface area contributed by atoms with E-state index in [4.69, 9.17) is 30.8 Å². The number of fused-ring (bicyclic) bond motifs is 4. The Hall–Kier alpha value is -5.00. The molecule has 4 amide bonds. The molecular formula is C42H49ClN8O7S. The SMILES string of the molecule is Cc1sc2c(c1C)C(c1ccc(Cl)cc1)=NC(CC(=O)NCCOCCOCCOCCC(=O)NC1CCCN(C(=O)c3ccc4c(c3)NC(=O)C4)C1)c1nnc(C)n1-2. The van der Waals surface area contributed by atoms with Gasteiger partial charge < -0.3 is 35.1 Å². The number of carbonyl (C=O) groups excluding carboxylic acids is 4. The van der Waals surface area contributed by atoms with Crippen LogP contribution < -0.4 is 16.0 Å². The number of benzene rings is 2. The average Bonchev–Trinajstić information content (AvgIpc) is 3.86. The normalized spacial score (nSPS) is 17.1. The third kappa shape index (κ3) is 10.2. The average molecular weight is 845 g/mol. The number of aromatic nitrogens is 3. The van der Waals surface area contributed by atoms with Crippen molar-refractivity contribution >= 4 is 58.0 Å². The molecule has 0 bridgehead atoms. The van der Waals surface area contributed by atoms with Gasteiger partial charge in [0.25, 0.3) is 5.91 Å². The minimum Gasteiger partial charge on any atom is -0.379 e. The van der Waals surface area contributed by atoms with Crippen molar-refractivity contribution in [2.75, 3.05) is 64.6 Å². The quantitative estimate of drug-likeness (QED) is 0.128. The number of nitrogens with zero attached hydrogens (tertiary/aromatic N) is 5. The molecule has 0 radical (unpaired) electrons. The summed E-state index contributed by atoms with van der Waals surface area (Å²) in [5, 5.41) is 19.2. The van der Waals surface area contributed by atoms with Gasteiger partial charge in [-0.2, -0.15) is 0 Å². The number of ether oxygens (including phenoxy) is 3. The van der Waals surface area contributed by atoms with E-state index in [0.717, 1.165) is 51.6 Å². The van der Waals surface area contributed by atoms with Crippen molar-refractivity contribution in [1.82, 2.24) is 30.3 Å². The monoisotopic (exact) mass is 844 g/mol. The molecule has 0 saturated carbocycles. The smallest absolute Gasteiger partial charge is 0.253 e. The van der Waals surface area contributed by atoms with Gasteiger partial charge in [-0.15, -0.1) is 21.5 Å². The van der Waals surface area contributed by atoms with Crippen LogP contribution in [0.25, 0.3) is 5.00 Å². The Bertz CT molecular complexity index is 2220. The van der Waals surface area contributed by atoms with Gasteiger partial charge in [0.15, 0.2) is 5.82 Å². The van der Waals surface area contributed by atoms with E-state index in [1.54, 1.807) is 28.4 Å². The number of anilines is 1. The van der Waals surface area contributed by atoms with Crippen molar-refractivity contribution in [3.05, 3.63) is 91.8 Å². The van der Waals surface area contributed by atoms with E-state index in [0.29, 0.717) is 81.2 Å². The van der Waals surface area contributed by atoms with Crippen molar-refractivity contribution in [2.24, 2.45) is 4.99 Å². The molecule has 312 valence electrons. The number of likely N-dealkylation sites (tertiary alicyclic amines) is 1. The molecule has 2 unspecified atom stereocenters. The van der Waals surface area contributed by atoms with Crippen molar-refractivity contribution in [2.45, 2.75) is 65.0 Å². The molecule has 5 heterocycles. The fraction of sp³-hybridized carbons (Fsp3) is 0.452. The summed E-state index contributed by atoms with van der Waals surface area (Å²) in [4.78, 5) is 58.7. The number of piperidine rings is 1. The van der Waals surface area contributed by atoms with E-state index in [9.17, 15) is 19.2 Å². The van der Waals surface area contributed by atoms with Crippen LogP contribution >= 0.6 is 22.9 Å². The van der Waals surface area contributed by atoms with Crippen molar-refractivity contribution in [3.8, 4) is 5.00 Å². The fourth-order valence-corrected chi connectivity index (χ4v) is 8.80. The van der Waals surface area contributed by atoms with Crippen LogP contribution in [0.3, 0.4) is 0 Å². The van der Waals surface area contributed by atoms with Crippen LogP contribution in [-0.2, 0) is 35.0 Å². The van der Waals surface area contributed by atoms with Crippen molar-refractivity contribution in [3.63, 3.8) is 0 Å². The number of carbonyl (C=O) groups is 4. The Labute approximate surface area is 351 Å². The zero-order chi connectivity index (χ0) is 41.5. The molecule has 3 N–H and O–H groups in total. The lowest BCUT2D eigenvalue weighted by atomic mass is 9.99.